The van der Waals surface area contributed by atoms with Crippen molar-refractivity contribution in [2.75, 3.05) is 7.05 Å². The first kappa shape index (κ1) is 11.2. The van der Waals surface area contributed by atoms with Gasteiger partial charge in [0.1, 0.15) is 0 Å². The largest absolute Gasteiger partial charge is 0.313 e. The van der Waals surface area contributed by atoms with E-state index in [9.17, 15) is 0 Å². The van der Waals surface area contributed by atoms with Crippen LogP contribution in [0, 0.1) is 0 Å². The lowest BCUT2D eigenvalue weighted by molar-refractivity contribution is 0.731. The minimum absolute atomic E-state index is 0.622. The van der Waals surface area contributed by atoms with Gasteiger partial charge in [-0.3, -0.25) is 0 Å². The average molecular weight is 279 g/mol. The summed E-state index contributed by atoms with van der Waals surface area (Å²) in [7, 11) is 1.86. The van der Waals surface area contributed by atoms with E-state index in [2.05, 4.69) is 36.4 Å². The molecular formula is C11H11BrN4. The number of hydrogen-bond acceptors (Lipinski definition) is 4. The van der Waals surface area contributed by atoms with Crippen molar-refractivity contribution in [3.8, 4) is 11.3 Å². The zero-order chi connectivity index (χ0) is 11.4. The number of nitrogens with zero attached hydrogens (tertiary/aromatic N) is 3. The van der Waals surface area contributed by atoms with Gasteiger partial charge < -0.3 is 5.32 Å². The van der Waals surface area contributed by atoms with Gasteiger partial charge >= 0.3 is 0 Å². The second kappa shape index (κ2) is 5.14. The molecule has 1 N–H and O–H groups in total. The Bertz CT molecular complexity index is 470. The van der Waals surface area contributed by atoms with E-state index in [-0.39, 0.29) is 0 Å². The van der Waals surface area contributed by atoms with Gasteiger partial charge in [0, 0.05) is 10.0 Å². The van der Waals surface area contributed by atoms with Gasteiger partial charge in [0.2, 0.25) is 0 Å². The molecule has 16 heavy (non-hydrogen) atoms. The molecular weight excluding hydrogens is 268 g/mol. The fourth-order valence-corrected chi connectivity index (χ4v) is 1.60. The monoisotopic (exact) mass is 278 g/mol. The van der Waals surface area contributed by atoms with Gasteiger partial charge in [-0.05, 0) is 19.2 Å². The maximum atomic E-state index is 4.41. The maximum Gasteiger partial charge on any atom is 0.165 e. The molecule has 0 aliphatic carbocycles. The van der Waals surface area contributed by atoms with Crippen LogP contribution in [0.3, 0.4) is 0 Å². The predicted molar refractivity (Wildman–Crippen MR) is 65.7 cm³/mol. The molecule has 0 spiro atoms. The molecule has 0 atom stereocenters. The van der Waals surface area contributed by atoms with Gasteiger partial charge in [-0.2, -0.15) is 5.10 Å². The van der Waals surface area contributed by atoms with Crippen molar-refractivity contribution >= 4 is 15.9 Å². The Labute approximate surface area is 102 Å². The maximum absolute atomic E-state index is 4.41. The summed E-state index contributed by atoms with van der Waals surface area (Å²) in [5.74, 6) is 0.697. The van der Waals surface area contributed by atoms with E-state index >= 15 is 0 Å². The Morgan fingerprint density at radius 2 is 2.00 bits per heavy atom. The zero-order valence-electron chi connectivity index (χ0n) is 8.81. The van der Waals surface area contributed by atoms with E-state index in [1.165, 1.54) is 0 Å². The number of nitrogens with one attached hydrogen (secondary N) is 1. The zero-order valence-corrected chi connectivity index (χ0v) is 10.4. The van der Waals surface area contributed by atoms with Crippen LogP contribution in [-0.4, -0.2) is 22.2 Å². The van der Waals surface area contributed by atoms with E-state index in [4.69, 9.17) is 0 Å². The van der Waals surface area contributed by atoms with Crippen LogP contribution in [-0.2, 0) is 6.54 Å². The predicted octanol–water partition coefficient (Wildman–Crippen LogP) is 2.02. The standard InChI is InChI=1S/C11H11BrN4/c1-13-7-11-15-10(6-14-16-11)8-2-4-9(12)5-3-8/h2-6,13H,7H2,1H3. The fraction of sp³-hybridized carbons (Fsp3) is 0.182. The molecule has 0 bridgehead atoms. The third-order valence-electron chi connectivity index (χ3n) is 2.08. The summed E-state index contributed by atoms with van der Waals surface area (Å²) in [4.78, 5) is 4.41. The van der Waals surface area contributed by atoms with E-state index in [0.717, 1.165) is 15.7 Å². The summed E-state index contributed by atoms with van der Waals surface area (Å²) < 4.78 is 1.05. The van der Waals surface area contributed by atoms with Gasteiger partial charge in [-0.1, -0.05) is 28.1 Å². The van der Waals surface area contributed by atoms with Crippen molar-refractivity contribution in [2.24, 2.45) is 0 Å². The first-order valence-electron chi connectivity index (χ1n) is 4.89. The third kappa shape index (κ3) is 2.62. The van der Waals surface area contributed by atoms with Crippen molar-refractivity contribution in [2.45, 2.75) is 6.54 Å². The molecule has 1 aromatic carbocycles. The summed E-state index contributed by atoms with van der Waals surface area (Å²) in [6, 6.07) is 7.96. The van der Waals surface area contributed by atoms with E-state index < -0.39 is 0 Å². The van der Waals surface area contributed by atoms with Gasteiger partial charge in [0.25, 0.3) is 0 Å². The highest BCUT2D eigenvalue weighted by molar-refractivity contribution is 9.10. The Morgan fingerprint density at radius 3 is 2.69 bits per heavy atom. The van der Waals surface area contributed by atoms with Gasteiger partial charge in [0.05, 0.1) is 18.4 Å². The molecule has 0 radical (unpaired) electrons. The first-order valence-corrected chi connectivity index (χ1v) is 5.68. The molecule has 5 heteroatoms. The summed E-state index contributed by atoms with van der Waals surface area (Å²) >= 11 is 3.40. The SMILES string of the molecule is CNCc1nncc(-c2ccc(Br)cc2)n1. The summed E-state index contributed by atoms with van der Waals surface area (Å²) in [6.45, 7) is 0.622. The number of aromatic nitrogens is 3. The molecule has 0 saturated heterocycles. The highest BCUT2D eigenvalue weighted by Crippen LogP contribution is 2.18. The van der Waals surface area contributed by atoms with E-state index in [1.807, 2.05) is 31.3 Å². The molecule has 0 aliphatic heterocycles. The lowest BCUT2D eigenvalue weighted by Gasteiger charge is -2.02. The Morgan fingerprint density at radius 1 is 1.25 bits per heavy atom. The van der Waals surface area contributed by atoms with Crippen molar-refractivity contribution in [1.29, 1.82) is 0 Å². The smallest absolute Gasteiger partial charge is 0.165 e. The molecule has 0 fully saturated rings. The van der Waals surface area contributed by atoms with Crippen LogP contribution in [0.4, 0.5) is 0 Å². The molecule has 0 unspecified atom stereocenters. The average Bonchev–Trinajstić information content (AvgIpc) is 2.31. The van der Waals surface area contributed by atoms with Crippen molar-refractivity contribution in [1.82, 2.24) is 20.5 Å². The molecule has 4 nitrogen and oxygen atoms in total. The van der Waals surface area contributed by atoms with Crippen LogP contribution in [0.15, 0.2) is 34.9 Å². The number of hydrogen-bond donors (Lipinski definition) is 1. The molecule has 2 rings (SSSR count). The third-order valence-corrected chi connectivity index (χ3v) is 2.61. The minimum Gasteiger partial charge on any atom is -0.313 e. The molecule has 0 aliphatic rings. The molecule has 0 saturated carbocycles. The number of benzene rings is 1. The fourth-order valence-electron chi connectivity index (χ4n) is 1.33. The van der Waals surface area contributed by atoms with Crippen molar-refractivity contribution in [3.05, 3.63) is 40.8 Å². The highest BCUT2D eigenvalue weighted by Gasteiger charge is 2.02. The summed E-state index contributed by atoms with van der Waals surface area (Å²) in [5.41, 5.74) is 1.88. The number of rotatable bonds is 3. The second-order valence-electron chi connectivity index (χ2n) is 3.30. The van der Waals surface area contributed by atoms with Crippen LogP contribution in [0.1, 0.15) is 5.82 Å². The van der Waals surface area contributed by atoms with Gasteiger partial charge in [-0.25, -0.2) is 4.98 Å². The number of halogens is 1. The summed E-state index contributed by atoms with van der Waals surface area (Å²) in [5, 5.41) is 10.9. The molecule has 1 heterocycles. The highest BCUT2D eigenvalue weighted by atomic mass is 79.9. The normalized spacial score (nSPS) is 10.4. The van der Waals surface area contributed by atoms with Gasteiger partial charge in [-0.15, -0.1) is 5.10 Å². The molecule has 1 aromatic heterocycles. The molecule has 0 amide bonds. The van der Waals surface area contributed by atoms with Crippen LogP contribution in [0.2, 0.25) is 0 Å². The van der Waals surface area contributed by atoms with Crippen LogP contribution in [0.5, 0.6) is 0 Å². The van der Waals surface area contributed by atoms with Crippen LogP contribution < -0.4 is 5.32 Å². The Balaban J connectivity index is 2.32. The first-order chi connectivity index (χ1) is 7.79. The minimum atomic E-state index is 0.622. The quantitative estimate of drug-likeness (QED) is 0.933. The Hall–Kier alpha value is -1.33. The van der Waals surface area contributed by atoms with Gasteiger partial charge in [0.15, 0.2) is 5.82 Å². The summed E-state index contributed by atoms with van der Waals surface area (Å²) in [6.07, 6.45) is 1.67. The van der Waals surface area contributed by atoms with E-state index in [0.29, 0.717) is 12.4 Å². The van der Waals surface area contributed by atoms with Crippen LogP contribution in [0.25, 0.3) is 11.3 Å². The Kier molecular flexibility index (Phi) is 3.58. The van der Waals surface area contributed by atoms with Crippen molar-refractivity contribution in [3.63, 3.8) is 0 Å². The van der Waals surface area contributed by atoms with E-state index in [1.54, 1.807) is 6.20 Å². The second-order valence-corrected chi connectivity index (χ2v) is 4.21. The van der Waals surface area contributed by atoms with Crippen molar-refractivity contribution < 1.29 is 0 Å². The molecule has 82 valence electrons. The lowest BCUT2D eigenvalue weighted by Crippen LogP contribution is -2.10. The van der Waals surface area contributed by atoms with Crippen LogP contribution >= 0.6 is 15.9 Å². The molecule has 2 aromatic rings. The topological polar surface area (TPSA) is 50.7 Å². The lowest BCUT2D eigenvalue weighted by atomic mass is 10.2.